The Morgan fingerprint density at radius 1 is 0.756 bits per heavy atom. The van der Waals surface area contributed by atoms with E-state index in [4.69, 9.17) is 48.7 Å². The van der Waals surface area contributed by atoms with Gasteiger partial charge < -0.3 is 64.7 Å². The highest BCUT2D eigenvalue weighted by molar-refractivity contribution is 7.50. The summed E-state index contributed by atoms with van der Waals surface area (Å²) in [6.07, 6.45) is 6.43. The molecule has 9 atom stereocenters. The van der Waals surface area contributed by atoms with Gasteiger partial charge in [0.2, 0.25) is 5.91 Å². The minimum atomic E-state index is -4.87. The van der Waals surface area contributed by atoms with E-state index in [2.05, 4.69) is 50.0 Å². The van der Waals surface area contributed by atoms with Crippen molar-refractivity contribution in [2.45, 2.75) is 139 Å². The maximum absolute atomic E-state index is 14.8. The molecule has 10 rings (SSSR count). The predicted molar refractivity (Wildman–Crippen MR) is 271 cm³/mol. The summed E-state index contributed by atoms with van der Waals surface area (Å²) < 4.78 is 92.6. The van der Waals surface area contributed by atoms with Crippen LogP contribution in [0, 0.1) is 0 Å². The number of aliphatic imine (C=N–C) groups is 1. The molecule has 3 unspecified atom stereocenters. The van der Waals surface area contributed by atoms with Crippen molar-refractivity contribution in [2.24, 2.45) is 4.99 Å². The molecule has 4 aromatic rings. The normalized spacial score (nSPS) is 27.6. The van der Waals surface area contributed by atoms with E-state index in [-0.39, 0.29) is 41.5 Å². The number of nitrogens with zero attached hydrogens (tertiary/aromatic N) is 11. The maximum Gasteiger partial charge on any atom is 0.469 e. The van der Waals surface area contributed by atoms with Gasteiger partial charge in [0.1, 0.15) is 36.5 Å². The fraction of sp³-hybridized carbons (Fsp3) is 0.711. The number of nitrogens with two attached hydrogens (primary N) is 1. The number of amides is 1. The molecule has 33 heteroatoms. The number of aliphatic hydroxyl groups is 1. The molecule has 6 fully saturated rings. The number of morpholine rings is 2. The van der Waals surface area contributed by atoms with Gasteiger partial charge in [-0.2, -0.15) is 0 Å². The van der Waals surface area contributed by atoms with Crippen LogP contribution in [0.2, 0.25) is 0 Å². The number of carbonyl (C=O) groups is 2. The number of carbonyl (C=O) groups excluding carboxylic acids is 2. The Balaban J connectivity index is 0.000000156. The van der Waals surface area contributed by atoms with Crippen LogP contribution < -0.4 is 16.4 Å². The molecular formula is C45H68F2N14O15P2. The Labute approximate surface area is 446 Å². The lowest BCUT2D eigenvalue weighted by atomic mass is 9.95. The largest absolute Gasteiger partial charge is 0.469 e. The van der Waals surface area contributed by atoms with Crippen LogP contribution in [-0.4, -0.2) is 201 Å². The van der Waals surface area contributed by atoms with Gasteiger partial charge in [0.15, 0.2) is 65.3 Å². The van der Waals surface area contributed by atoms with Crippen molar-refractivity contribution >= 4 is 67.4 Å². The Bertz CT molecular complexity index is 2760. The lowest BCUT2D eigenvalue weighted by molar-refractivity contribution is -0.154. The number of hydrogen-bond donors (Lipinski definition) is 7. The zero-order valence-corrected chi connectivity index (χ0v) is 44.9. The molecule has 6 aliphatic rings. The highest BCUT2D eigenvalue weighted by Crippen LogP contribution is 2.48. The molecule has 1 amide bonds. The van der Waals surface area contributed by atoms with Crippen LogP contribution in [0.1, 0.15) is 90.5 Å². The van der Waals surface area contributed by atoms with Gasteiger partial charge in [0.05, 0.1) is 58.3 Å². The van der Waals surface area contributed by atoms with Crippen molar-refractivity contribution in [3.63, 3.8) is 0 Å². The predicted octanol–water partition coefficient (Wildman–Crippen LogP) is 2.44. The number of hydrogen-bond acceptors (Lipinski definition) is 20. The first-order chi connectivity index (χ1) is 37.4. The van der Waals surface area contributed by atoms with Crippen molar-refractivity contribution < 1.29 is 80.0 Å². The molecule has 4 aliphatic heterocycles. The number of anilines is 2. The molecule has 0 bridgehead atoms. The highest BCUT2D eigenvalue weighted by atomic mass is 31.2. The number of esters is 1. The third-order valence-electron chi connectivity index (χ3n) is 13.7. The second-order valence-corrected chi connectivity index (χ2v) is 22.4. The molecule has 432 valence electrons. The summed E-state index contributed by atoms with van der Waals surface area (Å²) in [6, 6.07) is 1.19. The summed E-state index contributed by atoms with van der Waals surface area (Å²) in [6.45, 7) is 5.80. The van der Waals surface area contributed by atoms with Crippen molar-refractivity contribution in [1.82, 2.24) is 53.9 Å². The number of halogens is 2. The van der Waals surface area contributed by atoms with Crippen LogP contribution in [0.3, 0.4) is 0 Å². The Morgan fingerprint density at radius 3 is 1.96 bits per heavy atom. The Kier molecular flexibility index (Phi) is 20.4. The SMILES string of the molecule is C1CCC(N=C(NC2CCCCC2)N2CCOCC2)CC1.CC(=O)Nc1ncnc2c1ncn2[C@@H]1O[C@H](COP(=O)(O)O)C(F)[C@@H]1OC(C)=O.Nc1ncnc2c1ncn2[C@@H]1O[C@H](COP(=O)(O)N2CCOCC2)C(F)[C@@H]1O. The van der Waals surface area contributed by atoms with Gasteiger partial charge in [-0.1, -0.05) is 38.5 Å². The van der Waals surface area contributed by atoms with E-state index in [1.807, 2.05) is 0 Å². The summed E-state index contributed by atoms with van der Waals surface area (Å²) in [5, 5.41) is 16.5. The number of rotatable bonds is 13. The van der Waals surface area contributed by atoms with Crippen LogP contribution in [0.25, 0.3) is 22.3 Å². The molecule has 2 saturated carbocycles. The molecule has 78 heavy (non-hydrogen) atoms. The monoisotopic (exact) mass is 1140 g/mol. The van der Waals surface area contributed by atoms with Crippen LogP contribution in [0.15, 0.2) is 30.3 Å². The van der Waals surface area contributed by atoms with Crippen molar-refractivity contribution in [3.05, 3.63) is 25.3 Å². The minimum Gasteiger partial charge on any atom is -0.454 e. The Morgan fingerprint density at radius 2 is 1.32 bits per heavy atom. The second kappa shape index (κ2) is 27.0. The molecular weight excluding hydrogens is 1080 g/mol. The van der Waals surface area contributed by atoms with E-state index in [0.717, 1.165) is 39.6 Å². The summed E-state index contributed by atoms with van der Waals surface area (Å²) in [4.78, 5) is 82.0. The fourth-order valence-electron chi connectivity index (χ4n) is 9.82. The third kappa shape index (κ3) is 15.3. The lowest BCUT2D eigenvalue weighted by Crippen LogP contribution is -2.51. The van der Waals surface area contributed by atoms with Gasteiger partial charge in [-0.15, -0.1) is 0 Å². The summed E-state index contributed by atoms with van der Waals surface area (Å²) in [7, 11) is -8.99. The van der Waals surface area contributed by atoms with Crippen molar-refractivity contribution in [2.75, 3.05) is 76.9 Å². The van der Waals surface area contributed by atoms with Gasteiger partial charge in [-0.25, -0.2) is 57.5 Å². The van der Waals surface area contributed by atoms with Crippen molar-refractivity contribution in [1.29, 1.82) is 0 Å². The van der Waals surface area contributed by atoms with E-state index in [0.29, 0.717) is 30.8 Å². The third-order valence-corrected chi connectivity index (χ3v) is 15.8. The standard InChI is InChI=1S/C17H31N3O.C14H20FN6O6P.C14H17FN5O8P/c1-3-7-15(8-4-1)18-17(20-11-13-21-14-12-20)19-16-9-5-2-6-10-16;15-9-8(5-26-28(23,24)20-1-3-25-4-2-20)27-14(11(9)22)21-7-19-10-12(16)17-6-18-13(10)21;1-6(21)19-12-10-13(17-4-16-12)20(5-18-10)14-11(27-7(2)22)9(15)8(28-14)3-26-29(23,24)25/h15-16H,1-14H2,(H,18,19);6-9,11,14,22H,1-5H2,(H,23,24)(H2,16,17,18);4-5,8-9,11,14H,3H2,1-2H3,(H2,23,24,25)(H,16,17,19,21)/t;2*8-,9?,11+,14-/m.11/s1. The molecule has 4 aromatic heterocycles. The molecule has 0 aromatic carbocycles. The van der Waals surface area contributed by atoms with Gasteiger partial charge in [0, 0.05) is 46.1 Å². The second-order valence-electron chi connectivity index (χ2n) is 19.4. The molecule has 0 spiro atoms. The van der Waals surface area contributed by atoms with Crippen molar-refractivity contribution in [3.8, 4) is 0 Å². The van der Waals surface area contributed by atoms with Gasteiger partial charge >= 0.3 is 21.5 Å². The quantitative estimate of drug-likeness (QED) is 0.0437. The van der Waals surface area contributed by atoms with E-state index >= 15 is 0 Å². The number of phosphoric acid groups is 1. The molecule has 0 radical (unpaired) electrons. The average molecular weight is 1150 g/mol. The summed E-state index contributed by atoms with van der Waals surface area (Å²) >= 11 is 0. The van der Waals surface area contributed by atoms with Gasteiger partial charge in [-0.3, -0.25) is 27.8 Å². The number of nitrogen functional groups attached to an aromatic ring is 1. The first-order valence-corrected chi connectivity index (χ1v) is 28.9. The average Bonchev–Trinajstić information content (AvgIpc) is 4.28. The van der Waals surface area contributed by atoms with Gasteiger partial charge in [-0.05, 0) is 25.7 Å². The molecule has 8 N–H and O–H groups in total. The maximum atomic E-state index is 14.8. The van der Waals surface area contributed by atoms with E-state index < -0.39 is 89.9 Å². The highest BCUT2D eigenvalue weighted by Gasteiger charge is 2.50. The number of nitrogens with one attached hydrogen (secondary N) is 2. The zero-order chi connectivity index (χ0) is 55.6. The first-order valence-electron chi connectivity index (χ1n) is 25.9. The minimum absolute atomic E-state index is 0.112. The zero-order valence-electron chi connectivity index (χ0n) is 43.2. The number of ether oxygens (including phenoxy) is 5. The molecule has 8 heterocycles. The Hall–Kier alpha value is -5.01. The first kappa shape index (κ1) is 59.1. The number of phosphoric ester groups is 1. The van der Waals surface area contributed by atoms with Crippen LogP contribution in [0.4, 0.5) is 20.4 Å². The van der Waals surface area contributed by atoms with Gasteiger partial charge in [0.25, 0.3) is 0 Å². The molecule has 29 nitrogen and oxygen atoms in total. The van der Waals surface area contributed by atoms with Crippen LogP contribution >= 0.6 is 15.6 Å². The smallest absolute Gasteiger partial charge is 0.454 e. The number of alkyl halides is 2. The topological polar surface area (TPSA) is 370 Å². The van der Waals surface area contributed by atoms with E-state index in [1.54, 1.807) is 0 Å². The van der Waals surface area contributed by atoms with Crippen LogP contribution in [-0.2, 0) is 51.5 Å². The van der Waals surface area contributed by atoms with E-state index in [9.17, 15) is 37.5 Å². The molecule has 4 saturated heterocycles. The summed E-state index contributed by atoms with van der Waals surface area (Å²) in [5.41, 5.74) is 6.62. The number of aromatic nitrogens is 8. The number of fused-ring (bicyclic) bond motifs is 2. The number of guanidine groups is 1. The lowest BCUT2D eigenvalue weighted by Gasteiger charge is -2.34. The summed E-state index contributed by atoms with van der Waals surface area (Å²) in [5.74, 6) is 0.243. The van der Waals surface area contributed by atoms with Crippen LogP contribution in [0.5, 0.6) is 0 Å². The molecule has 2 aliphatic carbocycles. The fourth-order valence-corrected chi connectivity index (χ4v) is 11.3. The number of aliphatic hydroxyl groups excluding tert-OH is 1. The van der Waals surface area contributed by atoms with E-state index in [1.165, 1.54) is 110 Å². The number of imidazole rings is 2.